The minimum Gasteiger partial charge on any atom is -0.493 e. The summed E-state index contributed by atoms with van der Waals surface area (Å²) >= 11 is 0. The summed E-state index contributed by atoms with van der Waals surface area (Å²) in [5.41, 5.74) is 4.11. The molecule has 2 aromatic heterocycles. The minimum absolute atomic E-state index is 0.0959. The number of aryl methyl sites for hydroxylation is 1. The third kappa shape index (κ3) is 4.81. The van der Waals surface area contributed by atoms with Gasteiger partial charge in [0, 0.05) is 28.9 Å². The lowest BCUT2D eigenvalue weighted by Crippen LogP contribution is -2.21. The highest BCUT2D eigenvalue weighted by Crippen LogP contribution is 2.37. The second-order valence-corrected chi connectivity index (χ2v) is 7.63. The number of hydrogen-bond donors (Lipinski definition) is 1. The van der Waals surface area contributed by atoms with Crippen molar-refractivity contribution in [2.75, 3.05) is 20.4 Å². The van der Waals surface area contributed by atoms with Gasteiger partial charge in [0.15, 0.2) is 11.5 Å². The summed E-state index contributed by atoms with van der Waals surface area (Å²) in [6.45, 7) is -1.46. The van der Waals surface area contributed by atoms with E-state index in [-0.39, 0.29) is 24.7 Å². The van der Waals surface area contributed by atoms with E-state index in [1.165, 1.54) is 13.2 Å². The van der Waals surface area contributed by atoms with Crippen LogP contribution in [0.4, 0.5) is 13.2 Å². The molecular weight excluding hydrogens is 439 g/mol. The number of nitrogens with zero attached hydrogens (tertiary/aromatic N) is 3. The fourth-order valence-electron chi connectivity index (χ4n) is 4.01. The summed E-state index contributed by atoms with van der Waals surface area (Å²) in [4.78, 5) is 9.16. The molecular formula is C23H24F3N3O4. The number of alkyl halides is 3. The van der Waals surface area contributed by atoms with E-state index < -0.39 is 19.4 Å². The standard InChI is InChI=1S/C23H24F3N3O4/c1-13-7-15(8-16(12-30)27-13)21-18-5-6-32-17(10-24)11-29(18)22(28-21)14-3-4-19(33-23(25)26)20(9-14)31-2/h3-4,7-9,17,23,30H,5-6,10-12H2,1-2H3/t17-/m1/s1. The summed E-state index contributed by atoms with van der Waals surface area (Å²) in [5, 5.41) is 9.58. The number of aliphatic hydroxyl groups is 1. The quantitative estimate of drug-likeness (QED) is 0.572. The highest BCUT2D eigenvalue weighted by Gasteiger charge is 2.26. The SMILES string of the molecule is COc1cc(-c2nc(-c3cc(C)nc(CO)c3)c3n2C[C@@H](CF)OCC3)ccc1OC(F)F. The Hall–Kier alpha value is -3.11. The fourth-order valence-corrected chi connectivity index (χ4v) is 4.01. The Labute approximate surface area is 188 Å². The Morgan fingerprint density at radius 1 is 1.18 bits per heavy atom. The molecule has 0 saturated heterocycles. The Morgan fingerprint density at radius 2 is 2.00 bits per heavy atom. The number of benzene rings is 1. The van der Waals surface area contributed by atoms with E-state index in [1.54, 1.807) is 18.2 Å². The van der Waals surface area contributed by atoms with Crippen molar-refractivity contribution in [2.45, 2.75) is 39.2 Å². The normalized spacial score (nSPS) is 15.9. The van der Waals surface area contributed by atoms with Crippen LogP contribution < -0.4 is 9.47 Å². The molecule has 0 unspecified atom stereocenters. The molecule has 33 heavy (non-hydrogen) atoms. The average molecular weight is 463 g/mol. The zero-order valence-corrected chi connectivity index (χ0v) is 18.2. The molecule has 1 aromatic carbocycles. The first kappa shape index (κ1) is 23.1. The third-order valence-electron chi connectivity index (χ3n) is 5.40. The molecule has 0 fully saturated rings. The predicted molar refractivity (Wildman–Crippen MR) is 114 cm³/mol. The molecule has 0 spiro atoms. The molecule has 10 heteroatoms. The third-order valence-corrected chi connectivity index (χ3v) is 5.40. The summed E-state index contributed by atoms with van der Waals surface area (Å²) in [7, 11) is 1.36. The van der Waals surface area contributed by atoms with Crippen molar-refractivity contribution in [3.8, 4) is 34.1 Å². The Bertz CT molecular complexity index is 1140. The van der Waals surface area contributed by atoms with E-state index in [1.807, 2.05) is 17.6 Å². The van der Waals surface area contributed by atoms with Crippen LogP contribution in [0.2, 0.25) is 0 Å². The molecule has 0 radical (unpaired) electrons. The average Bonchev–Trinajstić information content (AvgIpc) is 3.01. The number of hydrogen-bond acceptors (Lipinski definition) is 6. The van der Waals surface area contributed by atoms with Crippen LogP contribution in [0.1, 0.15) is 17.1 Å². The van der Waals surface area contributed by atoms with Gasteiger partial charge in [-0.1, -0.05) is 0 Å². The van der Waals surface area contributed by atoms with Crippen LogP contribution in [0.15, 0.2) is 30.3 Å². The highest BCUT2D eigenvalue weighted by atomic mass is 19.3. The van der Waals surface area contributed by atoms with Gasteiger partial charge >= 0.3 is 6.61 Å². The summed E-state index contributed by atoms with van der Waals surface area (Å²) in [6.07, 6.45) is -0.138. The number of aliphatic hydroxyl groups excluding tert-OH is 1. The first-order valence-electron chi connectivity index (χ1n) is 10.4. The maximum atomic E-state index is 13.6. The van der Waals surface area contributed by atoms with E-state index in [0.717, 1.165) is 17.0 Å². The van der Waals surface area contributed by atoms with Gasteiger partial charge in [0.2, 0.25) is 0 Å². The van der Waals surface area contributed by atoms with Crippen LogP contribution in [-0.4, -0.2) is 52.7 Å². The Morgan fingerprint density at radius 3 is 2.70 bits per heavy atom. The van der Waals surface area contributed by atoms with Gasteiger partial charge in [-0.3, -0.25) is 4.98 Å². The fraction of sp³-hybridized carbons (Fsp3) is 0.391. The molecule has 0 bridgehead atoms. The maximum absolute atomic E-state index is 13.6. The lowest BCUT2D eigenvalue weighted by atomic mass is 10.1. The monoisotopic (exact) mass is 463 g/mol. The number of ether oxygens (including phenoxy) is 3. The topological polar surface area (TPSA) is 78.6 Å². The number of pyridine rings is 1. The van der Waals surface area contributed by atoms with E-state index in [2.05, 4.69) is 9.72 Å². The van der Waals surface area contributed by atoms with E-state index >= 15 is 0 Å². The molecule has 7 nitrogen and oxygen atoms in total. The van der Waals surface area contributed by atoms with Gasteiger partial charge in [0.05, 0.1) is 38.3 Å². The maximum Gasteiger partial charge on any atom is 0.387 e. The molecule has 3 aromatic rings. The largest absolute Gasteiger partial charge is 0.493 e. The van der Waals surface area contributed by atoms with Crippen molar-refractivity contribution < 1.29 is 32.5 Å². The second-order valence-electron chi connectivity index (χ2n) is 7.63. The van der Waals surface area contributed by atoms with Gasteiger partial charge in [0.1, 0.15) is 18.6 Å². The number of methoxy groups -OCH3 is 1. The number of fused-ring (bicyclic) bond motifs is 1. The number of aromatic nitrogens is 3. The van der Waals surface area contributed by atoms with Gasteiger partial charge in [-0.2, -0.15) is 8.78 Å². The molecule has 176 valence electrons. The number of halogens is 3. The van der Waals surface area contributed by atoms with Gasteiger partial charge in [-0.15, -0.1) is 0 Å². The van der Waals surface area contributed by atoms with Gasteiger partial charge in [-0.25, -0.2) is 9.37 Å². The van der Waals surface area contributed by atoms with Crippen LogP contribution in [0.5, 0.6) is 11.5 Å². The molecule has 1 atom stereocenters. The molecule has 0 aliphatic carbocycles. The number of rotatable bonds is 7. The van der Waals surface area contributed by atoms with Crippen molar-refractivity contribution in [2.24, 2.45) is 0 Å². The van der Waals surface area contributed by atoms with Gasteiger partial charge in [0.25, 0.3) is 0 Å². The zero-order valence-electron chi connectivity index (χ0n) is 18.2. The molecule has 0 amide bonds. The van der Waals surface area contributed by atoms with Crippen molar-refractivity contribution in [1.29, 1.82) is 0 Å². The molecule has 1 N–H and O–H groups in total. The highest BCUT2D eigenvalue weighted by molar-refractivity contribution is 5.70. The lowest BCUT2D eigenvalue weighted by Gasteiger charge is -2.15. The molecule has 0 saturated carbocycles. The van der Waals surface area contributed by atoms with Crippen molar-refractivity contribution >= 4 is 0 Å². The van der Waals surface area contributed by atoms with E-state index in [4.69, 9.17) is 14.5 Å². The first-order chi connectivity index (χ1) is 15.9. The first-order valence-corrected chi connectivity index (χ1v) is 10.4. The van der Waals surface area contributed by atoms with Crippen LogP contribution in [0.3, 0.4) is 0 Å². The minimum atomic E-state index is -2.99. The molecule has 4 rings (SSSR count). The van der Waals surface area contributed by atoms with Gasteiger partial charge < -0.3 is 23.9 Å². The van der Waals surface area contributed by atoms with Crippen LogP contribution >= 0.6 is 0 Å². The van der Waals surface area contributed by atoms with Crippen LogP contribution in [-0.2, 0) is 24.3 Å². The lowest BCUT2D eigenvalue weighted by molar-refractivity contribution is -0.0512. The predicted octanol–water partition coefficient (Wildman–Crippen LogP) is 3.93. The Balaban J connectivity index is 1.88. The van der Waals surface area contributed by atoms with E-state index in [0.29, 0.717) is 35.8 Å². The Kier molecular flexibility index (Phi) is 6.85. The van der Waals surface area contributed by atoms with Gasteiger partial charge in [-0.05, 0) is 37.3 Å². The van der Waals surface area contributed by atoms with E-state index in [9.17, 15) is 18.3 Å². The van der Waals surface area contributed by atoms with Crippen molar-refractivity contribution in [3.05, 3.63) is 47.4 Å². The smallest absolute Gasteiger partial charge is 0.387 e. The van der Waals surface area contributed by atoms with Crippen molar-refractivity contribution in [1.82, 2.24) is 14.5 Å². The molecule has 1 aliphatic rings. The molecule has 1 aliphatic heterocycles. The summed E-state index contributed by atoms with van der Waals surface area (Å²) in [6, 6.07) is 8.18. The van der Waals surface area contributed by atoms with Crippen LogP contribution in [0, 0.1) is 6.92 Å². The van der Waals surface area contributed by atoms with Crippen LogP contribution in [0.25, 0.3) is 22.6 Å². The number of imidazole rings is 1. The summed E-state index contributed by atoms with van der Waals surface area (Å²) < 4.78 is 56.3. The summed E-state index contributed by atoms with van der Waals surface area (Å²) in [5.74, 6) is 0.549. The zero-order chi connectivity index (χ0) is 23.5. The molecule has 3 heterocycles. The second kappa shape index (κ2) is 9.80. The van der Waals surface area contributed by atoms with Crippen molar-refractivity contribution in [3.63, 3.8) is 0 Å².